The van der Waals surface area contributed by atoms with Crippen LogP contribution in [0.15, 0.2) is 302 Å². The molecule has 37 nitrogen and oxygen atoms in total. The van der Waals surface area contributed by atoms with Crippen LogP contribution in [0.4, 0.5) is 54.1 Å². The summed E-state index contributed by atoms with van der Waals surface area (Å²) in [5.74, 6) is 3.40. The van der Waals surface area contributed by atoms with Crippen molar-refractivity contribution in [3.05, 3.63) is 291 Å². The predicted molar refractivity (Wildman–Crippen MR) is 554 cm³/mol. The molecule has 0 aliphatic heterocycles. The van der Waals surface area contributed by atoms with Crippen LogP contribution in [0.3, 0.4) is 0 Å². The lowest BCUT2D eigenvalue weighted by atomic mass is 10.3. The van der Waals surface area contributed by atoms with Gasteiger partial charge in [-0.15, -0.1) is 23.1 Å². The van der Waals surface area contributed by atoms with Crippen molar-refractivity contribution in [1.82, 2.24) is 155 Å². The van der Waals surface area contributed by atoms with Crippen molar-refractivity contribution < 1.29 is 0 Å². The van der Waals surface area contributed by atoms with Gasteiger partial charge < -0.3 is 26.6 Å². The summed E-state index contributed by atoms with van der Waals surface area (Å²) in [5.41, 5.74) is 19.0. The van der Waals surface area contributed by atoms with Gasteiger partial charge in [-0.3, -0.25) is 47.5 Å². The normalized spacial score (nSPS) is 11.3. The Hall–Kier alpha value is -15.0. The predicted octanol–water partition coefficient (Wildman–Crippen LogP) is 23.1. The Morgan fingerprint density at radius 1 is 0.317 bits per heavy atom. The lowest BCUT2D eigenvalue weighted by Gasteiger charge is -2.10. The number of imidazole rings is 5. The third-order valence-electron chi connectivity index (χ3n) is 20.2. The molecule has 0 amide bonds. The maximum absolute atomic E-state index is 6.35. The Bertz CT molecular complexity index is 8260. The van der Waals surface area contributed by atoms with Crippen molar-refractivity contribution in [1.29, 1.82) is 0 Å². The number of halogens is 1. The molecular weight excluding hydrogens is 1990 g/mol. The Labute approximate surface area is 838 Å². The second-order valence-electron chi connectivity index (χ2n) is 30.0. The number of fused-ring (bicyclic) bond motifs is 6. The molecule has 0 spiro atoms. The molecule has 688 valence electrons. The number of hydrogen-bond donors (Lipinski definition) is 10. The highest BCUT2D eigenvalue weighted by Gasteiger charge is 2.24. The summed E-state index contributed by atoms with van der Waals surface area (Å²) >= 11 is 22.7. The number of nitrogens with zero attached hydrogens (tertiary/aromatic N) is 27. The van der Waals surface area contributed by atoms with Crippen molar-refractivity contribution in [2.75, 3.05) is 32.8 Å². The van der Waals surface area contributed by atoms with Gasteiger partial charge in [0.15, 0.2) is 61.7 Å². The van der Waals surface area contributed by atoms with Gasteiger partial charge in [0, 0.05) is 106 Å². The third-order valence-corrected chi connectivity index (χ3v) is 30.0. The zero-order chi connectivity index (χ0) is 94.2. The van der Waals surface area contributed by atoms with Gasteiger partial charge in [0.2, 0.25) is 0 Å². The summed E-state index contributed by atoms with van der Waals surface area (Å²) in [5, 5.41) is 61.7. The highest BCUT2D eigenvalue weighted by atomic mass is 35.5. The monoisotopic (exact) mass is 2060 g/mol. The van der Waals surface area contributed by atoms with E-state index in [2.05, 4.69) is 153 Å². The Morgan fingerprint density at radius 2 is 0.647 bits per heavy atom. The Morgan fingerprint density at radius 3 is 0.986 bits per heavy atom. The number of para-hydroxylation sites is 1. The summed E-state index contributed by atoms with van der Waals surface area (Å²) < 4.78 is 33.9. The Kier molecular flexibility index (Phi) is 26.8. The standard InChI is InChI=1S/C20H14N8S3.C19H14ClN7S2.C19H15N7S2.C18H14N8S2.C14H13N7S2/c1-11-6-16(31-27-11)25-18-19-21-9-14(12-7-22-23-8-12)28(19)10-17(26-18)30-20-24-13-4-2-3-5-15(13)29-20;1-11-6-16(29-26-11)24-18-19-21-9-14(12-7-22-23-8-12)27(19)10-17(25-18)28-15-5-3-2-4-13(15)20;1-12-7-16(28-25-12)23-18-19-20-10-15(13-8-21-22-9-13)26(19)11-17(24-18)27-14-5-3-2-4-6-14;1-11-6-15(28-25-11)23-17-18-20-9-13(12-7-21-22-8-12)26(18)10-16(24-17)27-14-4-2-3-5-19-14;1-8-3-11(23-20-8)18-13-14-15-6-10(9-4-16-17-5-9)21(14)7-12(19-13)22-2/h2-10H,1H3,(H,22,23)(H,25,26);2-10H,1H3,(H,22,23)(H,24,25);2-11H,1H3,(H,21,22)(H,23,24);2-10H,1H3,(H,21,22)(H,23,24);3-7H,1-2H3,(H,16,17)(H,18,19). The molecule has 139 heavy (non-hydrogen) atoms. The second-order valence-corrected chi connectivity index (χ2v) is 40.8. The van der Waals surface area contributed by atoms with Gasteiger partial charge in [0.25, 0.3) is 0 Å². The zero-order valence-corrected chi connectivity index (χ0v) is 82.9. The number of anilines is 10. The number of benzene rings is 3. The summed E-state index contributed by atoms with van der Waals surface area (Å²) in [4.78, 5) is 58.0. The summed E-state index contributed by atoms with van der Waals surface area (Å²) in [6, 6.07) is 41.8. The molecule has 0 aliphatic rings. The number of aromatic nitrogens is 32. The van der Waals surface area contributed by atoms with E-state index in [0.717, 1.165) is 198 Å². The van der Waals surface area contributed by atoms with E-state index in [1.165, 1.54) is 92.9 Å². The first-order valence-corrected chi connectivity index (χ1v) is 51.4. The fraction of sp³-hybridized carbons (Fsp3) is 0.0667. The van der Waals surface area contributed by atoms with E-state index in [1.54, 1.807) is 72.0 Å². The summed E-state index contributed by atoms with van der Waals surface area (Å²) in [6.45, 7) is 9.83. The number of H-pyrrole nitrogens is 5. The fourth-order valence-corrected chi connectivity index (χ4v) is 22.4. The molecule has 10 N–H and O–H groups in total. The average molecular weight is 2060 g/mol. The van der Waals surface area contributed by atoms with Gasteiger partial charge in [0.05, 0.1) is 134 Å². The molecule has 25 rings (SSSR count). The minimum Gasteiger partial charge on any atom is -0.328 e. The number of thiazole rings is 1. The zero-order valence-electron chi connectivity index (χ0n) is 73.2. The molecule has 0 radical (unpaired) electrons. The average Bonchev–Trinajstić information content (AvgIpc) is 1.69. The van der Waals surface area contributed by atoms with Crippen LogP contribution in [0.1, 0.15) is 28.5 Å². The lowest BCUT2D eigenvalue weighted by molar-refractivity contribution is 1.02. The van der Waals surface area contributed by atoms with Crippen LogP contribution in [-0.4, -0.2) is 161 Å². The van der Waals surface area contributed by atoms with Crippen LogP contribution in [0.5, 0.6) is 0 Å². The van der Waals surface area contributed by atoms with E-state index in [1.807, 2.05) is 265 Å². The van der Waals surface area contributed by atoms with E-state index >= 15 is 0 Å². The molecular formula is C90H70ClN37S11. The molecule has 0 unspecified atom stereocenters. The van der Waals surface area contributed by atoms with Gasteiger partial charge in [-0.1, -0.05) is 83.7 Å². The number of rotatable bonds is 24. The molecule has 0 saturated heterocycles. The number of thioether (sulfide) groups is 1. The minimum absolute atomic E-state index is 0.653. The number of aryl methyl sites for hydroxylation is 5. The van der Waals surface area contributed by atoms with E-state index in [4.69, 9.17) is 36.5 Å². The molecule has 49 heteroatoms. The van der Waals surface area contributed by atoms with Gasteiger partial charge >= 0.3 is 0 Å². The van der Waals surface area contributed by atoms with Crippen LogP contribution in [-0.2, 0) is 0 Å². The van der Waals surface area contributed by atoms with E-state index in [9.17, 15) is 0 Å². The van der Waals surface area contributed by atoms with E-state index in [-0.39, 0.29) is 0 Å². The first kappa shape index (κ1) is 90.5. The van der Waals surface area contributed by atoms with Crippen LogP contribution in [0.25, 0.3) is 94.7 Å². The number of nitrogens with one attached hydrogen (secondary N) is 10. The topological polar surface area (TPSA) is 445 Å². The van der Waals surface area contributed by atoms with Crippen LogP contribution in [0.2, 0.25) is 5.02 Å². The van der Waals surface area contributed by atoms with Crippen LogP contribution < -0.4 is 26.6 Å². The van der Waals surface area contributed by atoms with Gasteiger partial charge in [0.1, 0.15) is 55.2 Å². The van der Waals surface area contributed by atoms with E-state index in [0.29, 0.717) is 28.3 Å². The molecule has 22 aromatic heterocycles. The van der Waals surface area contributed by atoms with Crippen LogP contribution in [0, 0.1) is 34.6 Å². The summed E-state index contributed by atoms with van der Waals surface area (Å²) in [6.07, 6.45) is 40.9. The van der Waals surface area contributed by atoms with Gasteiger partial charge in [-0.05, 0) is 201 Å². The SMILES string of the molecule is CSc1cn2c(-c3cn[nH]c3)cnc2c(Nc2cc(C)ns2)n1.Cc1cc(Nc2nc(Sc3ccccc3)cn3c(-c4cn[nH]c4)cnc23)sn1.Cc1cc(Nc2nc(Sc3ccccc3Cl)cn3c(-c4cn[nH]c4)cnc23)sn1.Cc1cc(Nc2nc(Sc3ccccn3)cn3c(-c4cn[nH]c4)cnc23)sn1.Cc1cc(Nc2nc(Sc3nc4ccccc4s3)cn3c(-c4cn[nH]c4)cnc23)sn1. The molecule has 0 fully saturated rings. The minimum atomic E-state index is 0.653. The van der Waals surface area contributed by atoms with Crippen molar-refractivity contribution in [3.63, 3.8) is 0 Å². The molecule has 22 heterocycles. The molecule has 0 aliphatic carbocycles. The molecule has 25 aromatic rings. The maximum Gasteiger partial charge on any atom is 0.181 e. The smallest absolute Gasteiger partial charge is 0.181 e. The highest BCUT2D eigenvalue weighted by molar-refractivity contribution is 8.01. The van der Waals surface area contributed by atoms with Crippen molar-refractivity contribution in [2.24, 2.45) is 0 Å². The Balaban J connectivity index is 0.000000104. The highest BCUT2D eigenvalue weighted by Crippen LogP contribution is 2.42. The van der Waals surface area contributed by atoms with E-state index < -0.39 is 0 Å². The second kappa shape index (κ2) is 41.1. The first-order valence-electron chi connectivity index (χ1n) is 41.9. The lowest BCUT2D eigenvalue weighted by Crippen LogP contribution is -2.00. The first-order chi connectivity index (χ1) is 68.2. The molecule has 3 aromatic carbocycles. The van der Waals surface area contributed by atoms with Crippen molar-refractivity contribution >= 4 is 232 Å². The summed E-state index contributed by atoms with van der Waals surface area (Å²) in [7, 11) is 0. The number of aromatic amines is 5. The fourth-order valence-electron chi connectivity index (χ4n) is 14.0. The van der Waals surface area contributed by atoms with Crippen molar-refractivity contribution in [2.45, 2.75) is 78.9 Å². The largest absolute Gasteiger partial charge is 0.328 e. The number of hydrogen-bond acceptors (Lipinski definition) is 38. The molecule has 0 saturated carbocycles. The van der Waals surface area contributed by atoms with Crippen molar-refractivity contribution in [3.8, 4) is 56.3 Å². The van der Waals surface area contributed by atoms with Gasteiger partial charge in [-0.2, -0.15) is 47.4 Å². The van der Waals surface area contributed by atoms with Crippen LogP contribution >= 0.6 is 139 Å². The molecule has 0 atom stereocenters. The molecule has 0 bridgehead atoms. The number of pyridine rings is 1. The maximum atomic E-state index is 6.35. The quantitative estimate of drug-likeness (QED) is 0.0251. The third kappa shape index (κ3) is 20.8. The van der Waals surface area contributed by atoms with Gasteiger partial charge in [-0.25, -0.2) is 59.8 Å².